The van der Waals surface area contributed by atoms with Gasteiger partial charge in [-0.15, -0.1) is 0 Å². The van der Waals surface area contributed by atoms with Crippen molar-refractivity contribution in [2.75, 3.05) is 26.7 Å². The van der Waals surface area contributed by atoms with Gasteiger partial charge in [-0.25, -0.2) is 13.8 Å². The van der Waals surface area contributed by atoms with Crippen LogP contribution in [0.5, 0.6) is 5.75 Å². The van der Waals surface area contributed by atoms with Crippen LogP contribution in [-0.2, 0) is 20.7 Å². The predicted octanol–water partition coefficient (Wildman–Crippen LogP) is 3.51. The molecule has 2 aliphatic heterocycles. The molecule has 2 N–H and O–H groups in total. The van der Waals surface area contributed by atoms with Crippen molar-refractivity contribution < 1.29 is 33.2 Å². The first kappa shape index (κ1) is 27.8. The summed E-state index contributed by atoms with van der Waals surface area (Å²) in [5, 5.41) is 39.9. The minimum absolute atomic E-state index is 0.0961. The molecule has 9 nitrogen and oxygen atoms in total. The summed E-state index contributed by atoms with van der Waals surface area (Å²) in [5.41, 5.74) is -2.09. The van der Waals surface area contributed by atoms with Crippen LogP contribution in [0.15, 0.2) is 66.9 Å². The van der Waals surface area contributed by atoms with Gasteiger partial charge in [-0.05, 0) is 29.7 Å². The number of hydrogen-bond donors (Lipinski definition) is 2. The quantitative estimate of drug-likeness (QED) is 0.381. The van der Waals surface area contributed by atoms with Crippen LogP contribution in [0.3, 0.4) is 0 Å². The van der Waals surface area contributed by atoms with E-state index in [0.29, 0.717) is 29.7 Å². The highest BCUT2D eigenvalue weighted by Crippen LogP contribution is 2.71. The van der Waals surface area contributed by atoms with Gasteiger partial charge in [0, 0.05) is 43.6 Å². The number of hydrogen-bond acceptors (Lipinski definition) is 9. The Morgan fingerprint density at radius 1 is 1.05 bits per heavy atom. The smallest absolute Gasteiger partial charge is 0.268 e. The molecule has 1 spiro atoms. The maximum Gasteiger partial charge on any atom is 0.268 e. The van der Waals surface area contributed by atoms with Crippen molar-refractivity contribution in [1.82, 2.24) is 9.88 Å². The van der Waals surface area contributed by atoms with Crippen LogP contribution < -0.4 is 4.74 Å². The Balaban J connectivity index is 1.51. The Morgan fingerprint density at radius 3 is 2.37 bits per heavy atom. The number of likely N-dealkylation sites (tertiary alicyclic amines) is 1. The summed E-state index contributed by atoms with van der Waals surface area (Å²) in [4.78, 5) is 6.08. The Kier molecular flexibility index (Phi) is 6.33. The van der Waals surface area contributed by atoms with Gasteiger partial charge >= 0.3 is 0 Å². The number of pyridine rings is 1. The van der Waals surface area contributed by atoms with Gasteiger partial charge in [-0.2, -0.15) is 10.5 Å². The molecule has 0 radical (unpaired) electrons. The molecule has 6 atom stereocenters. The van der Waals surface area contributed by atoms with E-state index < -0.39 is 54.2 Å². The van der Waals surface area contributed by atoms with Crippen LogP contribution >= 0.6 is 0 Å². The van der Waals surface area contributed by atoms with Gasteiger partial charge in [0.05, 0.1) is 22.7 Å². The maximum absolute atomic E-state index is 14.7. The SMILES string of the molecule is N#Cc1ccc([C@@]23Oc4cc(C#N)ncc4[C@]2(OCO)[C@H](OCO)[C@H](CN2CCC24CC4(F)F)[C@H]3c2ccccc2)cc1. The number of ether oxygens (including phenoxy) is 3. The van der Waals surface area contributed by atoms with E-state index in [2.05, 4.69) is 11.1 Å². The fraction of sp³-hybridized carbons (Fsp3) is 0.406. The Hall–Kier alpha value is -3.97. The first-order valence-electron chi connectivity index (χ1n) is 14.1. The van der Waals surface area contributed by atoms with E-state index in [1.807, 2.05) is 36.4 Å². The molecule has 11 heteroatoms. The molecule has 0 amide bonds. The number of nitrogens with zero attached hydrogens (tertiary/aromatic N) is 4. The highest BCUT2D eigenvalue weighted by molar-refractivity contribution is 5.57. The summed E-state index contributed by atoms with van der Waals surface area (Å²) in [6, 6.07) is 21.8. The first-order chi connectivity index (χ1) is 20.8. The standard InChI is InChI=1S/C32H28F2N4O5/c33-30(34)17-29(30)10-11-38(29)16-24-27(21-4-2-1-3-5-21)31(22-8-6-20(13-35)7-9-22)32(42-19-40,28(24)41-18-39)25-15-37-23(14-36)12-26(25)43-31/h1-9,12,15,24,27-28,39-40H,10-11,16-19H2/t24-,27-,28-,29?,31+,32+/m1/s1. The third-order valence-electron chi connectivity index (χ3n) is 9.91. The molecule has 7 rings (SSSR count). The Labute approximate surface area is 246 Å². The molecule has 2 aromatic carbocycles. The Morgan fingerprint density at radius 2 is 1.79 bits per heavy atom. The molecule has 3 fully saturated rings. The lowest BCUT2D eigenvalue weighted by molar-refractivity contribution is -0.242. The number of halogens is 2. The molecular formula is C32H28F2N4O5. The number of aliphatic hydroxyl groups is 2. The van der Waals surface area contributed by atoms with Crippen LogP contribution in [0.25, 0.3) is 0 Å². The number of aliphatic hydroxyl groups excluding tert-OH is 2. The molecule has 220 valence electrons. The van der Waals surface area contributed by atoms with E-state index in [-0.39, 0.29) is 24.4 Å². The molecule has 3 heterocycles. The number of aromatic nitrogens is 1. The lowest BCUT2D eigenvalue weighted by Gasteiger charge is -2.45. The summed E-state index contributed by atoms with van der Waals surface area (Å²) in [6.07, 6.45) is 0.598. The minimum atomic E-state index is -2.79. The summed E-state index contributed by atoms with van der Waals surface area (Å²) in [6.45, 7) is -0.840. The molecule has 0 bridgehead atoms. The van der Waals surface area contributed by atoms with Crippen LogP contribution in [-0.4, -0.2) is 64.3 Å². The predicted molar refractivity (Wildman–Crippen MR) is 145 cm³/mol. The van der Waals surface area contributed by atoms with Crippen LogP contribution in [0.2, 0.25) is 0 Å². The molecule has 1 saturated heterocycles. The average molecular weight is 587 g/mol. The van der Waals surface area contributed by atoms with E-state index >= 15 is 0 Å². The number of fused-ring (bicyclic) bond motifs is 3. The second kappa shape index (κ2) is 9.78. The molecule has 2 saturated carbocycles. The van der Waals surface area contributed by atoms with Gasteiger partial charge in [-0.1, -0.05) is 42.5 Å². The van der Waals surface area contributed by atoms with E-state index in [4.69, 9.17) is 14.2 Å². The zero-order chi connectivity index (χ0) is 30.0. The van der Waals surface area contributed by atoms with E-state index in [0.717, 1.165) is 5.56 Å². The zero-order valence-electron chi connectivity index (χ0n) is 23.0. The monoisotopic (exact) mass is 586 g/mol. The van der Waals surface area contributed by atoms with E-state index in [9.17, 15) is 29.5 Å². The van der Waals surface area contributed by atoms with Crippen LogP contribution in [0.1, 0.15) is 46.7 Å². The number of alkyl halides is 2. The van der Waals surface area contributed by atoms with Crippen molar-refractivity contribution in [3.05, 3.63) is 94.8 Å². The van der Waals surface area contributed by atoms with E-state index in [1.165, 1.54) is 12.3 Å². The molecular weight excluding hydrogens is 558 g/mol. The number of benzene rings is 2. The average Bonchev–Trinajstić information content (AvgIpc) is 3.44. The summed E-state index contributed by atoms with van der Waals surface area (Å²) >= 11 is 0. The third kappa shape index (κ3) is 3.60. The van der Waals surface area contributed by atoms with Crippen molar-refractivity contribution in [2.45, 2.75) is 47.5 Å². The molecule has 4 aliphatic rings. The second-order valence-electron chi connectivity index (χ2n) is 11.6. The van der Waals surface area contributed by atoms with Gasteiger partial charge in [0.25, 0.3) is 5.92 Å². The summed E-state index contributed by atoms with van der Waals surface area (Å²) in [5.74, 6) is -3.73. The highest BCUT2D eigenvalue weighted by atomic mass is 19.3. The van der Waals surface area contributed by atoms with Gasteiger partial charge < -0.3 is 24.4 Å². The normalized spacial score (nSPS) is 33.1. The lowest BCUT2D eigenvalue weighted by Crippen LogP contribution is -2.57. The Bertz CT molecular complexity index is 1640. The summed E-state index contributed by atoms with van der Waals surface area (Å²) < 4.78 is 48.8. The third-order valence-corrected chi connectivity index (χ3v) is 9.91. The molecule has 1 aromatic heterocycles. The van der Waals surface area contributed by atoms with Crippen molar-refractivity contribution in [3.8, 4) is 17.9 Å². The van der Waals surface area contributed by atoms with Crippen molar-refractivity contribution in [2.24, 2.45) is 5.92 Å². The number of rotatable bonds is 8. The highest BCUT2D eigenvalue weighted by Gasteiger charge is 2.81. The van der Waals surface area contributed by atoms with Gasteiger partial charge in [0.2, 0.25) is 0 Å². The van der Waals surface area contributed by atoms with Gasteiger partial charge in [-0.3, -0.25) is 4.90 Å². The van der Waals surface area contributed by atoms with Crippen molar-refractivity contribution in [3.63, 3.8) is 0 Å². The molecule has 3 aromatic rings. The van der Waals surface area contributed by atoms with Gasteiger partial charge in [0.1, 0.15) is 37.2 Å². The topological polar surface area (TPSA) is 132 Å². The fourth-order valence-electron chi connectivity index (χ4n) is 8.02. The van der Waals surface area contributed by atoms with E-state index in [1.54, 1.807) is 29.2 Å². The molecule has 2 aliphatic carbocycles. The van der Waals surface area contributed by atoms with Gasteiger partial charge in [0.15, 0.2) is 11.2 Å². The molecule has 1 unspecified atom stereocenters. The fourth-order valence-corrected chi connectivity index (χ4v) is 8.02. The second-order valence-corrected chi connectivity index (χ2v) is 11.6. The minimum Gasteiger partial charge on any atom is -0.478 e. The lowest BCUT2D eigenvalue weighted by atomic mass is 9.70. The maximum atomic E-state index is 14.7. The van der Waals surface area contributed by atoms with Crippen molar-refractivity contribution >= 4 is 0 Å². The first-order valence-corrected chi connectivity index (χ1v) is 14.1. The largest absolute Gasteiger partial charge is 0.478 e. The van der Waals surface area contributed by atoms with Crippen molar-refractivity contribution in [1.29, 1.82) is 10.5 Å². The van der Waals surface area contributed by atoms with Crippen LogP contribution in [0, 0.1) is 28.6 Å². The summed E-state index contributed by atoms with van der Waals surface area (Å²) in [7, 11) is 0. The molecule has 43 heavy (non-hydrogen) atoms. The zero-order valence-corrected chi connectivity index (χ0v) is 23.0. The van der Waals surface area contributed by atoms with Crippen LogP contribution in [0.4, 0.5) is 8.78 Å². The number of nitriles is 2.